The molecule has 3 rings (SSSR count). The molecule has 0 bridgehead atoms. The summed E-state index contributed by atoms with van der Waals surface area (Å²) in [6.45, 7) is -0.142. The van der Waals surface area contributed by atoms with Gasteiger partial charge in [0.1, 0.15) is 0 Å². The summed E-state index contributed by atoms with van der Waals surface area (Å²) >= 11 is 5.85. The van der Waals surface area contributed by atoms with Crippen LogP contribution in [-0.2, 0) is 35.0 Å². The van der Waals surface area contributed by atoms with Crippen LogP contribution < -0.4 is 16.6 Å². The first-order valence-electron chi connectivity index (χ1n) is 8.96. The van der Waals surface area contributed by atoms with Crippen molar-refractivity contribution in [2.24, 2.45) is 14.1 Å². The standard InChI is InChI=1S/C18H19ClN6O5/c1-23-16-14(17(28)24(2)18(23)29)25(10-21-16)8-4-6-13(27)30-9-12(26)22-11-5-3-7-20-15(11)19/h3,5,7,10H,4,6,8-9H2,1-2H3,(H,22,26). The molecule has 0 aliphatic rings. The number of carbonyl (C=O) groups is 2. The number of nitrogens with zero attached hydrogens (tertiary/aromatic N) is 5. The fourth-order valence-corrected chi connectivity index (χ4v) is 3.01. The number of carbonyl (C=O) groups excluding carboxylic acids is 2. The molecule has 11 nitrogen and oxygen atoms in total. The Kier molecular flexibility index (Phi) is 6.31. The van der Waals surface area contributed by atoms with E-state index in [2.05, 4.69) is 15.3 Å². The van der Waals surface area contributed by atoms with Crippen LogP contribution in [0.5, 0.6) is 0 Å². The number of rotatable bonds is 7. The van der Waals surface area contributed by atoms with Gasteiger partial charge in [0.05, 0.1) is 12.0 Å². The van der Waals surface area contributed by atoms with Gasteiger partial charge in [0.15, 0.2) is 22.9 Å². The topological polar surface area (TPSA) is 130 Å². The number of imidazole rings is 1. The molecule has 0 fully saturated rings. The summed E-state index contributed by atoms with van der Waals surface area (Å²) < 4.78 is 8.82. The number of hydrogen-bond acceptors (Lipinski definition) is 7. The van der Waals surface area contributed by atoms with Crippen molar-refractivity contribution in [1.29, 1.82) is 0 Å². The molecule has 0 aliphatic heterocycles. The summed E-state index contributed by atoms with van der Waals surface area (Å²) in [6, 6.07) is 3.18. The van der Waals surface area contributed by atoms with Gasteiger partial charge >= 0.3 is 11.7 Å². The quantitative estimate of drug-likeness (QED) is 0.422. The number of aromatic nitrogens is 5. The molecule has 12 heteroatoms. The van der Waals surface area contributed by atoms with Crippen LogP contribution in [0.2, 0.25) is 5.15 Å². The Morgan fingerprint density at radius 3 is 2.70 bits per heavy atom. The second kappa shape index (κ2) is 8.91. The average molecular weight is 435 g/mol. The molecule has 0 radical (unpaired) electrons. The van der Waals surface area contributed by atoms with E-state index in [-0.39, 0.29) is 22.7 Å². The van der Waals surface area contributed by atoms with E-state index in [4.69, 9.17) is 16.3 Å². The first kappa shape index (κ1) is 21.2. The van der Waals surface area contributed by atoms with Crippen molar-refractivity contribution in [1.82, 2.24) is 23.7 Å². The summed E-state index contributed by atoms with van der Waals surface area (Å²) in [5.74, 6) is -1.10. The molecule has 0 aliphatic carbocycles. The maximum atomic E-state index is 12.4. The van der Waals surface area contributed by atoms with Crippen molar-refractivity contribution in [3.63, 3.8) is 0 Å². The maximum absolute atomic E-state index is 12.4. The lowest BCUT2D eigenvalue weighted by Gasteiger charge is -2.08. The number of hydrogen-bond donors (Lipinski definition) is 1. The van der Waals surface area contributed by atoms with E-state index in [9.17, 15) is 19.2 Å². The molecule has 1 N–H and O–H groups in total. The Morgan fingerprint density at radius 1 is 1.20 bits per heavy atom. The summed E-state index contributed by atoms with van der Waals surface area (Å²) in [4.78, 5) is 56.0. The number of pyridine rings is 1. The van der Waals surface area contributed by atoms with Crippen molar-refractivity contribution in [3.05, 3.63) is 50.6 Å². The molecular formula is C18H19ClN6O5. The van der Waals surface area contributed by atoms with Crippen molar-refractivity contribution >= 4 is 40.3 Å². The monoisotopic (exact) mass is 434 g/mol. The van der Waals surface area contributed by atoms with Crippen LogP contribution in [0.25, 0.3) is 11.2 Å². The maximum Gasteiger partial charge on any atom is 0.332 e. The third-order valence-electron chi connectivity index (χ3n) is 4.39. The highest BCUT2D eigenvalue weighted by molar-refractivity contribution is 6.32. The third kappa shape index (κ3) is 4.40. The summed E-state index contributed by atoms with van der Waals surface area (Å²) in [5, 5.41) is 2.63. The van der Waals surface area contributed by atoms with Crippen LogP contribution in [0.3, 0.4) is 0 Å². The SMILES string of the molecule is Cn1c(=O)c2c(ncn2CCCC(=O)OCC(=O)Nc2cccnc2Cl)n(C)c1=O. The van der Waals surface area contributed by atoms with E-state index in [0.29, 0.717) is 18.7 Å². The van der Waals surface area contributed by atoms with Gasteiger partial charge in [-0.05, 0) is 18.6 Å². The molecular weight excluding hydrogens is 416 g/mol. The van der Waals surface area contributed by atoms with Gasteiger partial charge in [0.25, 0.3) is 11.5 Å². The highest BCUT2D eigenvalue weighted by Gasteiger charge is 2.15. The summed E-state index contributed by atoms with van der Waals surface area (Å²) in [7, 11) is 2.92. The van der Waals surface area contributed by atoms with Gasteiger partial charge in [-0.25, -0.2) is 14.8 Å². The number of fused-ring (bicyclic) bond motifs is 1. The molecule has 0 saturated heterocycles. The lowest BCUT2D eigenvalue weighted by atomic mass is 10.3. The molecule has 0 saturated carbocycles. The number of ether oxygens (including phenoxy) is 1. The molecule has 3 heterocycles. The van der Waals surface area contributed by atoms with E-state index in [0.717, 1.165) is 4.57 Å². The van der Waals surface area contributed by atoms with Gasteiger partial charge in [0.2, 0.25) is 0 Å². The minimum Gasteiger partial charge on any atom is -0.456 e. The number of esters is 1. The van der Waals surface area contributed by atoms with E-state index in [1.54, 1.807) is 16.7 Å². The lowest BCUT2D eigenvalue weighted by Crippen LogP contribution is -2.37. The van der Waals surface area contributed by atoms with Gasteiger partial charge in [-0.15, -0.1) is 0 Å². The second-order valence-electron chi connectivity index (χ2n) is 6.47. The molecule has 0 aromatic carbocycles. The molecule has 1 amide bonds. The number of nitrogens with one attached hydrogen (secondary N) is 1. The van der Waals surface area contributed by atoms with Crippen molar-refractivity contribution in [2.45, 2.75) is 19.4 Å². The third-order valence-corrected chi connectivity index (χ3v) is 4.70. The fourth-order valence-electron chi connectivity index (χ4n) is 2.84. The Labute approximate surface area is 174 Å². The largest absolute Gasteiger partial charge is 0.456 e. The highest BCUT2D eigenvalue weighted by Crippen LogP contribution is 2.17. The zero-order valence-electron chi connectivity index (χ0n) is 16.3. The van der Waals surface area contributed by atoms with Crippen LogP contribution in [0.15, 0.2) is 34.2 Å². The normalized spacial score (nSPS) is 10.9. The fraction of sp³-hybridized carbons (Fsp3) is 0.333. The van der Waals surface area contributed by atoms with Crippen LogP contribution in [0.4, 0.5) is 5.69 Å². The van der Waals surface area contributed by atoms with E-state index in [1.807, 2.05) is 0 Å². The summed E-state index contributed by atoms with van der Waals surface area (Å²) in [5.41, 5.74) is -0.0497. The Hall–Kier alpha value is -3.47. The van der Waals surface area contributed by atoms with Crippen LogP contribution in [0.1, 0.15) is 12.8 Å². The number of anilines is 1. The van der Waals surface area contributed by atoms with Crippen LogP contribution in [0, 0.1) is 0 Å². The van der Waals surface area contributed by atoms with Gasteiger partial charge in [-0.1, -0.05) is 11.6 Å². The number of amides is 1. The Morgan fingerprint density at radius 2 is 1.97 bits per heavy atom. The van der Waals surface area contributed by atoms with Crippen molar-refractivity contribution in [2.75, 3.05) is 11.9 Å². The van der Waals surface area contributed by atoms with E-state index in [1.165, 1.54) is 31.2 Å². The number of aryl methyl sites for hydroxylation is 2. The molecule has 0 spiro atoms. The molecule has 3 aromatic rings. The minimum absolute atomic E-state index is 0.0344. The number of halogens is 1. The van der Waals surface area contributed by atoms with Gasteiger partial charge < -0.3 is 14.6 Å². The zero-order valence-corrected chi connectivity index (χ0v) is 17.0. The zero-order chi connectivity index (χ0) is 21.8. The Balaban J connectivity index is 1.53. The predicted octanol–water partition coefficient (Wildman–Crippen LogP) is 0.444. The first-order valence-corrected chi connectivity index (χ1v) is 9.34. The predicted molar refractivity (Wildman–Crippen MR) is 108 cm³/mol. The van der Waals surface area contributed by atoms with Gasteiger partial charge in [-0.3, -0.25) is 23.5 Å². The lowest BCUT2D eigenvalue weighted by molar-refractivity contribution is -0.147. The Bertz CT molecular complexity index is 1230. The molecule has 0 unspecified atom stereocenters. The molecule has 30 heavy (non-hydrogen) atoms. The minimum atomic E-state index is -0.563. The first-order chi connectivity index (χ1) is 14.3. The van der Waals surface area contributed by atoms with Gasteiger partial charge in [-0.2, -0.15) is 0 Å². The van der Waals surface area contributed by atoms with Crippen LogP contribution >= 0.6 is 11.6 Å². The molecule has 0 atom stereocenters. The summed E-state index contributed by atoms with van der Waals surface area (Å²) in [6.07, 6.45) is 3.32. The average Bonchev–Trinajstić information content (AvgIpc) is 3.15. The highest BCUT2D eigenvalue weighted by atomic mass is 35.5. The van der Waals surface area contributed by atoms with Crippen molar-refractivity contribution in [3.8, 4) is 0 Å². The van der Waals surface area contributed by atoms with Gasteiger partial charge in [0, 0.05) is 33.3 Å². The van der Waals surface area contributed by atoms with Crippen LogP contribution in [-0.4, -0.2) is 42.2 Å². The van der Waals surface area contributed by atoms with E-state index < -0.39 is 29.7 Å². The van der Waals surface area contributed by atoms with Crippen molar-refractivity contribution < 1.29 is 14.3 Å². The van der Waals surface area contributed by atoms with E-state index >= 15 is 0 Å². The smallest absolute Gasteiger partial charge is 0.332 e. The second-order valence-corrected chi connectivity index (χ2v) is 6.83. The molecule has 3 aromatic heterocycles. The molecule has 158 valence electrons.